The maximum absolute atomic E-state index is 11.9. The van der Waals surface area contributed by atoms with Gasteiger partial charge in [-0.25, -0.2) is 13.1 Å². The Kier molecular flexibility index (Phi) is 6.07. The molecule has 0 heterocycles. The van der Waals surface area contributed by atoms with E-state index in [1.807, 2.05) is 0 Å². The lowest BCUT2D eigenvalue weighted by atomic mass is 10.2. The Morgan fingerprint density at radius 2 is 1.68 bits per heavy atom. The quantitative estimate of drug-likeness (QED) is 0.690. The Morgan fingerprint density at radius 1 is 1.14 bits per heavy atom. The molecular formula is C14H20N2O5S. The van der Waals surface area contributed by atoms with Gasteiger partial charge in [0.2, 0.25) is 10.0 Å². The Hall–Kier alpha value is -1.93. The summed E-state index contributed by atoms with van der Waals surface area (Å²) in [6.45, 7) is 5.00. The van der Waals surface area contributed by atoms with Crippen LogP contribution in [0, 0.1) is 0 Å². The van der Waals surface area contributed by atoms with Crippen LogP contribution in [-0.4, -0.2) is 37.5 Å². The Labute approximate surface area is 129 Å². The SMILES string of the molecule is CC(C)NS(=O)(=O)c1ccc(C(=O)NC(C)CC(=O)O)cc1. The van der Waals surface area contributed by atoms with Gasteiger partial charge in [0.25, 0.3) is 5.91 Å². The second-order valence-electron chi connectivity index (χ2n) is 5.27. The van der Waals surface area contributed by atoms with Gasteiger partial charge in [-0.2, -0.15) is 0 Å². The number of nitrogens with one attached hydrogen (secondary N) is 2. The first kappa shape index (κ1) is 18.1. The second kappa shape index (κ2) is 7.37. The molecule has 0 bridgehead atoms. The fourth-order valence-electron chi connectivity index (χ4n) is 1.78. The molecule has 0 radical (unpaired) electrons. The van der Waals surface area contributed by atoms with Gasteiger partial charge < -0.3 is 10.4 Å². The van der Waals surface area contributed by atoms with Crippen molar-refractivity contribution in [3.05, 3.63) is 29.8 Å². The van der Waals surface area contributed by atoms with Crippen LogP contribution < -0.4 is 10.0 Å². The van der Waals surface area contributed by atoms with E-state index in [2.05, 4.69) is 10.0 Å². The van der Waals surface area contributed by atoms with Crippen LogP contribution >= 0.6 is 0 Å². The lowest BCUT2D eigenvalue weighted by Gasteiger charge is -2.12. The maximum Gasteiger partial charge on any atom is 0.305 e. The molecule has 0 spiro atoms. The van der Waals surface area contributed by atoms with Crippen molar-refractivity contribution in [2.24, 2.45) is 0 Å². The summed E-state index contributed by atoms with van der Waals surface area (Å²) >= 11 is 0. The fourth-order valence-corrected chi connectivity index (χ4v) is 3.03. The minimum absolute atomic E-state index is 0.0661. The van der Waals surface area contributed by atoms with Crippen molar-refractivity contribution in [1.82, 2.24) is 10.0 Å². The van der Waals surface area contributed by atoms with Gasteiger partial charge in [-0.05, 0) is 45.0 Å². The van der Waals surface area contributed by atoms with Crippen molar-refractivity contribution in [2.75, 3.05) is 0 Å². The van der Waals surface area contributed by atoms with Gasteiger partial charge in [0.05, 0.1) is 11.3 Å². The number of carbonyl (C=O) groups is 2. The molecule has 8 heteroatoms. The number of carboxylic acids is 1. The molecule has 3 N–H and O–H groups in total. The first-order valence-electron chi connectivity index (χ1n) is 6.77. The van der Waals surface area contributed by atoms with Crippen LogP contribution in [0.3, 0.4) is 0 Å². The Bertz CT molecular complexity index is 638. The summed E-state index contributed by atoms with van der Waals surface area (Å²) in [7, 11) is -3.60. The van der Waals surface area contributed by atoms with Crippen LogP contribution in [-0.2, 0) is 14.8 Å². The molecule has 0 aromatic heterocycles. The average molecular weight is 328 g/mol. The molecule has 0 aliphatic heterocycles. The number of sulfonamides is 1. The van der Waals surface area contributed by atoms with Crippen LogP contribution in [0.4, 0.5) is 0 Å². The van der Waals surface area contributed by atoms with E-state index < -0.39 is 27.9 Å². The molecular weight excluding hydrogens is 308 g/mol. The van der Waals surface area contributed by atoms with Gasteiger partial charge in [-0.3, -0.25) is 9.59 Å². The monoisotopic (exact) mass is 328 g/mol. The standard InChI is InChI=1S/C14H20N2O5S/c1-9(2)16-22(20,21)12-6-4-11(5-7-12)14(19)15-10(3)8-13(17)18/h4-7,9-10,16H,8H2,1-3H3,(H,15,19)(H,17,18). The second-order valence-corrected chi connectivity index (χ2v) is 6.99. The molecule has 1 aromatic carbocycles. The lowest BCUT2D eigenvalue weighted by molar-refractivity contribution is -0.137. The molecule has 1 amide bonds. The highest BCUT2D eigenvalue weighted by atomic mass is 32.2. The Morgan fingerprint density at radius 3 is 2.14 bits per heavy atom. The summed E-state index contributed by atoms with van der Waals surface area (Å²) in [6, 6.07) is 4.69. The van der Waals surface area contributed by atoms with Crippen LogP contribution in [0.1, 0.15) is 37.6 Å². The number of rotatable bonds is 7. The van der Waals surface area contributed by atoms with E-state index in [4.69, 9.17) is 5.11 Å². The largest absolute Gasteiger partial charge is 0.481 e. The van der Waals surface area contributed by atoms with Gasteiger partial charge in [0, 0.05) is 17.6 Å². The van der Waals surface area contributed by atoms with E-state index >= 15 is 0 Å². The van der Waals surface area contributed by atoms with Gasteiger partial charge in [0.1, 0.15) is 0 Å². The molecule has 122 valence electrons. The minimum atomic E-state index is -3.60. The van der Waals surface area contributed by atoms with Crippen molar-refractivity contribution in [3.63, 3.8) is 0 Å². The van der Waals surface area contributed by atoms with E-state index in [-0.39, 0.29) is 22.9 Å². The average Bonchev–Trinajstić information content (AvgIpc) is 2.36. The first-order chi connectivity index (χ1) is 10.1. The van der Waals surface area contributed by atoms with Crippen LogP contribution in [0.25, 0.3) is 0 Å². The summed E-state index contributed by atoms with van der Waals surface area (Å²) in [5.74, 6) is -1.46. The van der Waals surface area contributed by atoms with Crippen molar-refractivity contribution < 1.29 is 23.1 Å². The molecule has 1 aromatic rings. The van der Waals surface area contributed by atoms with E-state index in [1.165, 1.54) is 24.3 Å². The fraction of sp³-hybridized carbons (Fsp3) is 0.429. The van der Waals surface area contributed by atoms with Crippen molar-refractivity contribution in [3.8, 4) is 0 Å². The predicted octanol–water partition coefficient (Wildman–Crippen LogP) is 0.966. The highest BCUT2D eigenvalue weighted by Crippen LogP contribution is 2.11. The number of carboxylic acid groups (broad SMARTS) is 1. The minimum Gasteiger partial charge on any atom is -0.481 e. The lowest BCUT2D eigenvalue weighted by Crippen LogP contribution is -2.34. The third-order valence-electron chi connectivity index (χ3n) is 2.68. The molecule has 1 unspecified atom stereocenters. The predicted molar refractivity (Wildman–Crippen MR) is 81.1 cm³/mol. The molecule has 7 nitrogen and oxygen atoms in total. The van der Waals surface area contributed by atoms with Crippen molar-refractivity contribution in [2.45, 2.75) is 44.2 Å². The third-order valence-corrected chi connectivity index (χ3v) is 4.35. The molecule has 1 atom stereocenters. The molecule has 0 saturated carbocycles. The smallest absolute Gasteiger partial charge is 0.305 e. The highest BCUT2D eigenvalue weighted by molar-refractivity contribution is 7.89. The molecule has 0 saturated heterocycles. The summed E-state index contributed by atoms with van der Waals surface area (Å²) in [5.41, 5.74) is 0.265. The van der Waals surface area contributed by atoms with Crippen LogP contribution in [0.5, 0.6) is 0 Å². The molecule has 0 aliphatic carbocycles. The molecule has 0 fully saturated rings. The normalized spacial score (nSPS) is 12.9. The molecule has 1 rings (SSSR count). The van der Waals surface area contributed by atoms with E-state index in [0.717, 1.165) is 0 Å². The number of hydrogen-bond donors (Lipinski definition) is 3. The topological polar surface area (TPSA) is 113 Å². The summed E-state index contributed by atoms with van der Waals surface area (Å²) in [4.78, 5) is 22.5. The number of benzene rings is 1. The summed E-state index contributed by atoms with van der Waals surface area (Å²) in [5, 5.41) is 11.2. The molecule has 22 heavy (non-hydrogen) atoms. The van der Waals surface area contributed by atoms with Crippen molar-refractivity contribution >= 4 is 21.9 Å². The number of aliphatic carboxylic acids is 1. The molecule has 0 aliphatic rings. The van der Waals surface area contributed by atoms with Crippen molar-refractivity contribution in [1.29, 1.82) is 0 Å². The number of carbonyl (C=O) groups excluding carboxylic acids is 1. The highest BCUT2D eigenvalue weighted by Gasteiger charge is 2.17. The zero-order valence-corrected chi connectivity index (χ0v) is 13.5. The first-order valence-corrected chi connectivity index (χ1v) is 8.25. The van der Waals surface area contributed by atoms with Crippen LogP contribution in [0.2, 0.25) is 0 Å². The van der Waals surface area contributed by atoms with Gasteiger partial charge in [-0.1, -0.05) is 0 Å². The summed E-state index contributed by atoms with van der Waals surface area (Å²) in [6.07, 6.45) is -0.184. The van der Waals surface area contributed by atoms with E-state index in [0.29, 0.717) is 0 Å². The van der Waals surface area contributed by atoms with E-state index in [1.54, 1.807) is 20.8 Å². The van der Waals surface area contributed by atoms with E-state index in [9.17, 15) is 18.0 Å². The van der Waals surface area contributed by atoms with Gasteiger partial charge in [0.15, 0.2) is 0 Å². The number of amides is 1. The Balaban J connectivity index is 2.80. The summed E-state index contributed by atoms with van der Waals surface area (Å²) < 4.78 is 26.3. The van der Waals surface area contributed by atoms with Crippen LogP contribution in [0.15, 0.2) is 29.2 Å². The van der Waals surface area contributed by atoms with Gasteiger partial charge >= 0.3 is 5.97 Å². The number of hydrogen-bond acceptors (Lipinski definition) is 4. The zero-order chi connectivity index (χ0) is 16.9. The van der Waals surface area contributed by atoms with Gasteiger partial charge in [-0.15, -0.1) is 0 Å². The zero-order valence-electron chi connectivity index (χ0n) is 12.7. The maximum atomic E-state index is 11.9. The third kappa shape index (κ3) is 5.45.